The highest BCUT2D eigenvalue weighted by Gasteiger charge is 2.29. The summed E-state index contributed by atoms with van der Waals surface area (Å²) in [4.78, 5) is 58.4. The molecule has 0 aliphatic carbocycles. The number of carbonyl (C=O) groups excluding carboxylic acids is 3. The number of rotatable bonds is 66. The topological polar surface area (TPSA) is 231 Å². The molecule has 0 saturated heterocycles. The van der Waals surface area contributed by atoms with E-state index in [4.69, 9.17) is 32.3 Å². The number of phosphoric acid groups is 2. The Morgan fingerprint density at radius 1 is 0.308 bits per heavy atom. The lowest BCUT2D eigenvalue weighted by Gasteiger charge is -2.21. The van der Waals surface area contributed by atoms with Crippen LogP contribution in [0.25, 0.3) is 0 Å². The number of ether oxygens (including phenoxy) is 3. The molecule has 91 heavy (non-hydrogen) atoms. The average molecular weight is 1320 g/mol. The van der Waals surface area contributed by atoms with E-state index in [2.05, 4.69) is 130 Å². The van der Waals surface area contributed by atoms with Crippen molar-refractivity contribution < 1.29 is 75.8 Å². The lowest BCUT2D eigenvalue weighted by Crippen LogP contribution is -2.30. The molecule has 524 valence electrons. The zero-order valence-corrected chi connectivity index (χ0v) is 58.5. The fourth-order valence-corrected chi connectivity index (χ4v) is 10.6. The van der Waals surface area contributed by atoms with Gasteiger partial charge in [-0.05, 0) is 128 Å². The maximum atomic E-state index is 12.9. The summed E-state index contributed by atoms with van der Waals surface area (Å²) >= 11 is 0. The number of esters is 3. The zero-order chi connectivity index (χ0) is 66.7. The largest absolute Gasteiger partial charge is 0.472 e. The summed E-state index contributed by atoms with van der Waals surface area (Å²) in [5, 5.41) is 20.6. The zero-order valence-electron chi connectivity index (χ0n) is 56.7. The highest BCUT2D eigenvalue weighted by molar-refractivity contribution is 7.47. The molecule has 4 N–H and O–H groups in total. The summed E-state index contributed by atoms with van der Waals surface area (Å²) in [5.41, 5.74) is 0. The molecule has 0 rings (SSSR count). The fraction of sp³-hybridized carbons (Fsp3) is 0.712. The van der Waals surface area contributed by atoms with Crippen molar-refractivity contribution in [3.8, 4) is 0 Å². The van der Waals surface area contributed by atoms with E-state index >= 15 is 0 Å². The maximum absolute atomic E-state index is 12.9. The second-order valence-electron chi connectivity index (χ2n) is 23.3. The molecule has 16 nitrogen and oxygen atoms in total. The van der Waals surface area contributed by atoms with Crippen LogP contribution in [0.4, 0.5) is 0 Å². The molecule has 0 aromatic heterocycles. The minimum atomic E-state index is -4.93. The van der Waals surface area contributed by atoms with Gasteiger partial charge in [-0.1, -0.05) is 239 Å². The number of allylic oxidation sites excluding steroid dienone is 18. The fourth-order valence-electron chi connectivity index (χ4n) is 9.01. The summed E-state index contributed by atoms with van der Waals surface area (Å²) in [5.74, 6) is -1.62. The van der Waals surface area contributed by atoms with Crippen LogP contribution in [0.2, 0.25) is 0 Å². The Morgan fingerprint density at radius 3 is 0.912 bits per heavy atom. The standard InChI is InChI=1S/C73H126O16P2/c1-4-7-10-13-16-19-22-25-27-29-31-32-33-34-36-38-39-42-44-47-50-53-56-59-71(76)83-62-68(74)63-85-90(79,80)86-64-69(75)65-87-91(81,82)88-67-70(89-73(78)61-58-55-52-49-46-41-24-21-18-15-12-9-6-3)66-84-72(77)60-57-54-51-48-45-43-40-37-35-30-28-26-23-20-17-14-11-8-5-2/h12,15-17,19-21,24-28,31-32,34-37,68-70,74-75H,4-11,13-14,18,22-23,29-30,33,38-67H2,1-3H3,(H,79,80)(H,81,82)/b15-12-,19-16-,20-17-,24-21-,27-25-,28-26-,32-31-,36-34-,37-35-. The van der Waals surface area contributed by atoms with Gasteiger partial charge in [0.1, 0.15) is 25.4 Å². The lowest BCUT2D eigenvalue weighted by atomic mass is 10.1. The van der Waals surface area contributed by atoms with E-state index in [1.165, 1.54) is 44.9 Å². The molecule has 0 amide bonds. The van der Waals surface area contributed by atoms with E-state index in [1.807, 2.05) is 0 Å². The number of hydrogen-bond donors (Lipinski definition) is 4. The van der Waals surface area contributed by atoms with Gasteiger partial charge >= 0.3 is 33.6 Å². The molecule has 5 unspecified atom stereocenters. The molecule has 0 aromatic rings. The maximum Gasteiger partial charge on any atom is 0.472 e. The van der Waals surface area contributed by atoms with Gasteiger partial charge in [-0.25, -0.2) is 9.13 Å². The van der Waals surface area contributed by atoms with E-state index in [-0.39, 0.29) is 19.3 Å². The molecule has 5 atom stereocenters. The summed E-state index contributed by atoms with van der Waals surface area (Å²) < 4.78 is 60.9. The van der Waals surface area contributed by atoms with Crippen molar-refractivity contribution in [1.29, 1.82) is 0 Å². The molecule has 0 aliphatic rings. The summed E-state index contributed by atoms with van der Waals surface area (Å²) in [7, 11) is -9.79. The number of hydrogen-bond acceptors (Lipinski definition) is 14. The molecule has 0 aromatic carbocycles. The molecule has 0 radical (unpaired) electrons. The normalized spacial score (nSPS) is 14.8. The van der Waals surface area contributed by atoms with Crippen LogP contribution in [0.1, 0.15) is 278 Å². The highest BCUT2D eigenvalue weighted by Crippen LogP contribution is 2.45. The monoisotopic (exact) mass is 1320 g/mol. The lowest BCUT2D eigenvalue weighted by molar-refractivity contribution is -0.161. The summed E-state index contributed by atoms with van der Waals surface area (Å²) in [6, 6.07) is 0. The molecular weight excluding hydrogens is 1190 g/mol. The number of carbonyl (C=O) groups is 3. The third-order valence-electron chi connectivity index (χ3n) is 14.4. The van der Waals surface area contributed by atoms with Crippen molar-refractivity contribution in [2.24, 2.45) is 0 Å². The molecule has 0 heterocycles. The van der Waals surface area contributed by atoms with Crippen LogP contribution in [0, 0.1) is 0 Å². The Balaban J connectivity index is 4.62. The van der Waals surface area contributed by atoms with E-state index in [0.717, 1.165) is 173 Å². The number of aliphatic hydroxyl groups excluding tert-OH is 2. The van der Waals surface area contributed by atoms with Crippen molar-refractivity contribution in [3.05, 3.63) is 109 Å². The Kier molecular flexibility index (Phi) is 63.5. The third kappa shape index (κ3) is 67.4. The summed E-state index contributed by atoms with van der Waals surface area (Å²) in [6.07, 6.45) is 74.2. The first-order chi connectivity index (χ1) is 44.2. The van der Waals surface area contributed by atoms with Crippen molar-refractivity contribution in [1.82, 2.24) is 0 Å². The SMILES string of the molecule is CCC/C=C\C/C=C\CCCCCCCC(=O)OC(COC(=O)CCCCCCCC/C=C\C/C=C\C/C=C\CCCCC)COP(=O)(O)OCC(O)COP(=O)(O)OCC(O)COC(=O)CCCCCCCCC/C=C\C/C=C\C/C=C\C/C=C\CCCCC. The molecule has 0 aliphatic heterocycles. The van der Waals surface area contributed by atoms with Gasteiger partial charge in [-0.3, -0.25) is 32.5 Å². The summed E-state index contributed by atoms with van der Waals surface area (Å²) in [6.45, 7) is 2.50. The van der Waals surface area contributed by atoms with Gasteiger partial charge in [0.2, 0.25) is 0 Å². The van der Waals surface area contributed by atoms with E-state index in [9.17, 15) is 43.5 Å². The molecule has 18 heteroatoms. The van der Waals surface area contributed by atoms with Crippen LogP contribution in [-0.4, -0.2) is 95.9 Å². The average Bonchev–Trinajstić information content (AvgIpc) is 3.10. The quantitative estimate of drug-likeness (QED) is 0.0146. The predicted molar refractivity (Wildman–Crippen MR) is 371 cm³/mol. The van der Waals surface area contributed by atoms with E-state index in [0.29, 0.717) is 19.3 Å². The van der Waals surface area contributed by atoms with Crippen molar-refractivity contribution in [3.63, 3.8) is 0 Å². The number of phosphoric ester groups is 2. The van der Waals surface area contributed by atoms with Gasteiger partial charge in [-0.2, -0.15) is 0 Å². The van der Waals surface area contributed by atoms with Gasteiger partial charge in [0, 0.05) is 19.3 Å². The Labute approximate surface area is 551 Å². The van der Waals surface area contributed by atoms with Crippen molar-refractivity contribution in [2.75, 3.05) is 39.6 Å². The van der Waals surface area contributed by atoms with Crippen LogP contribution in [0.15, 0.2) is 109 Å². The van der Waals surface area contributed by atoms with Gasteiger partial charge in [0.25, 0.3) is 0 Å². The first-order valence-corrected chi connectivity index (χ1v) is 38.2. The Morgan fingerprint density at radius 2 is 0.571 bits per heavy atom. The molecule has 0 fully saturated rings. The van der Waals surface area contributed by atoms with E-state index < -0.39 is 91.5 Å². The second kappa shape index (κ2) is 66.2. The smallest absolute Gasteiger partial charge is 0.463 e. The number of unbranched alkanes of at least 4 members (excludes halogenated alkanes) is 25. The van der Waals surface area contributed by atoms with Crippen LogP contribution in [0.5, 0.6) is 0 Å². The Bertz CT molecular complexity index is 2100. The minimum Gasteiger partial charge on any atom is -0.463 e. The first kappa shape index (κ1) is 87.2. The highest BCUT2D eigenvalue weighted by atomic mass is 31.2. The van der Waals surface area contributed by atoms with Crippen LogP contribution in [-0.2, 0) is 55.8 Å². The first-order valence-electron chi connectivity index (χ1n) is 35.2. The van der Waals surface area contributed by atoms with Crippen molar-refractivity contribution >= 4 is 33.6 Å². The predicted octanol–water partition coefficient (Wildman–Crippen LogP) is 19.6. The Hall–Kier alpha value is -3.79. The molecular formula is C73H126O16P2. The van der Waals surface area contributed by atoms with Crippen LogP contribution < -0.4 is 0 Å². The van der Waals surface area contributed by atoms with Gasteiger partial charge in [0.15, 0.2) is 6.10 Å². The minimum absolute atomic E-state index is 0.0832. The molecule has 0 saturated carbocycles. The van der Waals surface area contributed by atoms with E-state index in [1.54, 1.807) is 0 Å². The van der Waals surface area contributed by atoms with Gasteiger partial charge < -0.3 is 34.2 Å². The second-order valence-corrected chi connectivity index (χ2v) is 26.2. The number of aliphatic hydroxyl groups is 2. The molecule has 0 spiro atoms. The van der Waals surface area contributed by atoms with Gasteiger partial charge in [-0.15, -0.1) is 0 Å². The third-order valence-corrected chi connectivity index (χ3v) is 16.3. The van der Waals surface area contributed by atoms with Crippen LogP contribution >= 0.6 is 15.6 Å². The van der Waals surface area contributed by atoms with Crippen molar-refractivity contribution in [2.45, 2.75) is 296 Å². The molecule has 0 bridgehead atoms. The van der Waals surface area contributed by atoms with Gasteiger partial charge in [0.05, 0.1) is 26.4 Å². The van der Waals surface area contributed by atoms with Crippen LogP contribution in [0.3, 0.4) is 0 Å².